The molecule has 10 heteroatoms. The van der Waals surface area contributed by atoms with Crippen LogP contribution in [0.1, 0.15) is 40.3 Å². The number of methoxy groups -OCH3 is 2. The lowest BCUT2D eigenvalue weighted by molar-refractivity contribution is -0.144. The summed E-state index contributed by atoms with van der Waals surface area (Å²) in [5.74, 6) is 0.382. The van der Waals surface area contributed by atoms with E-state index in [4.69, 9.17) is 29.2 Å². The van der Waals surface area contributed by atoms with E-state index in [1.807, 2.05) is 17.0 Å². The van der Waals surface area contributed by atoms with Gasteiger partial charge in [0.15, 0.2) is 0 Å². The molecule has 194 valence electrons. The summed E-state index contributed by atoms with van der Waals surface area (Å²) in [6, 6.07) is 14.5. The van der Waals surface area contributed by atoms with Crippen LogP contribution in [-0.2, 0) is 27.4 Å². The number of nitrogens with zero attached hydrogens (tertiary/aromatic N) is 3. The number of nitriles is 1. The van der Waals surface area contributed by atoms with E-state index in [-0.39, 0.29) is 26.3 Å². The topological polar surface area (TPSA) is 111 Å². The van der Waals surface area contributed by atoms with Crippen LogP contribution in [0.5, 0.6) is 11.5 Å². The van der Waals surface area contributed by atoms with Crippen molar-refractivity contribution in [1.29, 1.82) is 5.26 Å². The molecule has 2 aromatic carbocycles. The van der Waals surface area contributed by atoms with E-state index < -0.39 is 11.9 Å². The summed E-state index contributed by atoms with van der Waals surface area (Å²) >= 11 is 1.21. The lowest BCUT2D eigenvalue weighted by Crippen LogP contribution is -2.31. The number of aromatic nitrogens is 1. The van der Waals surface area contributed by atoms with Gasteiger partial charge in [0.05, 0.1) is 51.3 Å². The normalized spacial score (nSPS) is 10.6. The van der Waals surface area contributed by atoms with Crippen LogP contribution in [0.2, 0.25) is 0 Å². The summed E-state index contributed by atoms with van der Waals surface area (Å²) < 4.78 is 21.3. The van der Waals surface area contributed by atoms with Gasteiger partial charge in [-0.05, 0) is 32.0 Å². The highest BCUT2D eigenvalue weighted by Crippen LogP contribution is 2.31. The predicted octanol–water partition coefficient (Wildman–Crippen LogP) is 4.44. The molecule has 0 spiro atoms. The van der Waals surface area contributed by atoms with E-state index >= 15 is 0 Å². The molecule has 0 saturated carbocycles. The zero-order chi connectivity index (χ0) is 26.8. The number of hydrogen-bond acceptors (Lipinski definition) is 10. The van der Waals surface area contributed by atoms with E-state index in [9.17, 15) is 9.59 Å². The van der Waals surface area contributed by atoms with Gasteiger partial charge in [0.25, 0.3) is 0 Å². The quantitative estimate of drug-likeness (QED) is 0.318. The molecule has 0 saturated heterocycles. The van der Waals surface area contributed by atoms with Gasteiger partial charge in [-0.2, -0.15) is 5.26 Å². The van der Waals surface area contributed by atoms with E-state index in [0.717, 1.165) is 11.1 Å². The average molecular weight is 524 g/mol. The first-order valence-electron chi connectivity index (χ1n) is 11.7. The Morgan fingerprint density at radius 1 is 1.00 bits per heavy atom. The summed E-state index contributed by atoms with van der Waals surface area (Å²) in [5.41, 5.74) is 2.61. The second-order valence-electron chi connectivity index (χ2n) is 7.83. The number of thiazole rings is 1. The van der Waals surface area contributed by atoms with Crippen molar-refractivity contribution in [3.63, 3.8) is 0 Å². The second-order valence-corrected chi connectivity index (χ2v) is 8.83. The standard InChI is InChI=1S/C27H29N3O6S/c1-5-35-24(31)17-30(15-20-11-12-21(33-3)13-23(20)34-4)16-22-25(27(32)36-6-2)37-26(29-22)19-9-7-18(14-28)8-10-19/h7-13H,5-6,15-17H2,1-4H3. The zero-order valence-corrected chi connectivity index (χ0v) is 22.1. The Balaban J connectivity index is 1.98. The average Bonchev–Trinajstić information content (AvgIpc) is 3.33. The van der Waals surface area contributed by atoms with E-state index in [1.165, 1.54) is 11.3 Å². The number of ether oxygens (including phenoxy) is 4. The summed E-state index contributed by atoms with van der Waals surface area (Å²) in [7, 11) is 3.14. The van der Waals surface area contributed by atoms with Gasteiger partial charge in [-0.25, -0.2) is 9.78 Å². The van der Waals surface area contributed by atoms with Gasteiger partial charge in [-0.1, -0.05) is 18.2 Å². The van der Waals surface area contributed by atoms with Gasteiger partial charge in [0.2, 0.25) is 0 Å². The molecule has 1 aromatic heterocycles. The molecule has 0 radical (unpaired) electrons. The molecule has 9 nitrogen and oxygen atoms in total. The number of carbonyl (C=O) groups is 2. The van der Waals surface area contributed by atoms with Crippen molar-refractivity contribution in [2.24, 2.45) is 0 Å². The minimum Gasteiger partial charge on any atom is -0.497 e. The molecule has 0 aliphatic heterocycles. The third kappa shape index (κ3) is 7.29. The maximum atomic E-state index is 12.8. The Morgan fingerprint density at radius 2 is 1.73 bits per heavy atom. The fraction of sp³-hybridized carbons (Fsp3) is 0.333. The Morgan fingerprint density at radius 3 is 2.35 bits per heavy atom. The molecule has 0 amide bonds. The Labute approximate surface area is 220 Å². The van der Waals surface area contributed by atoms with Gasteiger partial charge >= 0.3 is 11.9 Å². The molecule has 0 unspecified atom stereocenters. The van der Waals surface area contributed by atoms with Crippen molar-refractivity contribution in [2.75, 3.05) is 34.0 Å². The highest BCUT2D eigenvalue weighted by Gasteiger charge is 2.24. The summed E-state index contributed by atoms with van der Waals surface area (Å²) in [6.45, 7) is 4.47. The van der Waals surface area contributed by atoms with Gasteiger partial charge in [0, 0.05) is 30.3 Å². The molecule has 3 rings (SSSR count). The fourth-order valence-electron chi connectivity index (χ4n) is 3.62. The Hall–Kier alpha value is -3.94. The van der Waals surface area contributed by atoms with Crippen LogP contribution in [0.25, 0.3) is 10.6 Å². The lowest BCUT2D eigenvalue weighted by Gasteiger charge is -2.22. The minimum atomic E-state index is -0.479. The zero-order valence-electron chi connectivity index (χ0n) is 21.3. The Kier molecular flexibility index (Phi) is 10.0. The molecule has 0 bridgehead atoms. The molecule has 0 aliphatic carbocycles. The molecule has 0 atom stereocenters. The van der Waals surface area contributed by atoms with E-state index in [1.54, 1.807) is 58.4 Å². The number of esters is 2. The Bertz CT molecular complexity index is 1270. The van der Waals surface area contributed by atoms with Crippen LogP contribution in [0, 0.1) is 11.3 Å². The third-order valence-corrected chi connectivity index (χ3v) is 6.47. The number of rotatable bonds is 12. The lowest BCUT2D eigenvalue weighted by atomic mass is 10.1. The number of benzene rings is 2. The molecular weight excluding hydrogens is 494 g/mol. The number of hydrogen-bond donors (Lipinski definition) is 0. The largest absolute Gasteiger partial charge is 0.497 e. The van der Waals surface area contributed by atoms with Crippen LogP contribution in [0.15, 0.2) is 42.5 Å². The summed E-state index contributed by atoms with van der Waals surface area (Å²) in [4.78, 5) is 32.2. The van der Waals surface area contributed by atoms with Crippen molar-refractivity contribution in [3.05, 3.63) is 64.2 Å². The smallest absolute Gasteiger partial charge is 0.350 e. The summed E-state index contributed by atoms with van der Waals surface area (Å²) in [6.07, 6.45) is 0. The van der Waals surface area contributed by atoms with Crippen LogP contribution in [0.4, 0.5) is 0 Å². The van der Waals surface area contributed by atoms with E-state index in [0.29, 0.717) is 39.2 Å². The number of carbonyl (C=O) groups excluding carboxylic acids is 2. The monoisotopic (exact) mass is 523 g/mol. The van der Waals surface area contributed by atoms with Gasteiger partial charge in [-0.15, -0.1) is 11.3 Å². The first-order valence-corrected chi connectivity index (χ1v) is 12.5. The first-order chi connectivity index (χ1) is 17.9. The maximum absolute atomic E-state index is 12.8. The molecule has 0 aliphatic rings. The van der Waals surface area contributed by atoms with Crippen molar-refractivity contribution < 1.29 is 28.5 Å². The molecule has 3 aromatic rings. The van der Waals surface area contributed by atoms with E-state index in [2.05, 4.69) is 6.07 Å². The molecule has 0 N–H and O–H groups in total. The SMILES string of the molecule is CCOC(=O)CN(Cc1ccc(OC)cc1OC)Cc1nc(-c2ccc(C#N)cc2)sc1C(=O)OCC. The van der Waals surface area contributed by atoms with Gasteiger partial charge in [-0.3, -0.25) is 9.69 Å². The highest BCUT2D eigenvalue weighted by atomic mass is 32.1. The van der Waals surface area contributed by atoms with Crippen LogP contribution in [0.3, 0.4) is 0 Å². The molecule has 1 heterocycles. The van der Waals surface area contributed by atoms with Crippen molar-refractivity contribution in [2.45, 2.75) is 26.9 Å². The highest BCUT2D eigenvalue weighted by molar-refractivity contribution is 7.17. The van der Waals surface area contributed by atoms with Crippen LogP contribution in [-0.4, -0.2) is 55.8 Å². The van der Waals surface area contributed by atoms with Crippen molar-refractivity contribution in [1.82, 2.24) is 9.88 Å². The maximum Gasteiger partial charge on any atom is 0.350 e. The summed E-state index contributed by atoms with van der Waals surface area (Å²) in [5, 5.41) is 9.70. The van der Waals surface area contributed by atoms with Gasteiger partial charge < -0.3 is 18.9 Å². The third-order valence-electron chi connectivity index (χ3n) is 5.34. The van der Waals surface area contributed by atoms with Crippen LogP contribution < -0.4 is 9.47 Å². The van der Waals surface area contributed by atoms with Crippen LogP contribution >= 0.6 is 11.3 Å². The van der Waals surface area contributed by atoms with Crippen molar-refractivity contribution in [3.8, 4) is 28.1 Å². The van der Waals surface area contributed by atoms with Crippen molar-refractivity contribution >= 4 is 23.3 Å². The second kappa shape index (κ2) is 13.4. The molecule has 37 heavy (non-hydrogen) atoms. The van der Waals surface area contributed by atoms with Gasteiger partial charge in [0.1, 0.15) is 21.4 Å². The molecular formula is C27H29N3O6S. The fourth-order valence-corrected chi connectivity index (χ4v) is 4.59. The first kappa shape index (κ1) is 27.6. The predicted molar refractivity (Wildman–Crippen MR) is 139 cm³/mol. The molecule has 0 fully saturated rings. The minimum absolute atomic E-state index is 0.0188.